The average Bonchev–Trinajstić information content (AvgIpc) is 2.16. The van der Waals surface area contributed by atoms with Crippen molar-refractivity contribution in [2.45, 2.75) is 31.5 Å². The van der Waals surface area contributed by atoms with E-state index < -0.39 is 17.7 Å². The van der Waals surface area contributed by atoms with Crippen LogP contribution in [0, 0.1) is 0 Å². The summed E-state index contributed by atoms with van der Waals surface area (Å²) in [5, 5.41) is 9.24. The molecule has 1 aromatic carbocycles. The summed E-state index contributed by atoms with van der Waals surface area (Å²) in [6, 6.07) is 8.18. The van der Waals surface area contributed by atoms with Crippen molar-refractivity contribution >= 4 is 0 Å². The zero-order valence-electron chi connectivity index (χ0n) is 8.55. The largest absolute Gasteiger partial charge is 0.415 e. The van der Waals surface area contributed by atoms with Crippen LogP contribution >= 0.6 is 0 Å². The topological polar surface area (TPSA) is 20.2 Å². The Balaban J connectivity index is 3.03. The van der Waals surface area contributed by atoms with E-state index in [0.717, 1.165) is 0 Å². The van der Waals surface area contributed by atoms with Crippen LogP contribution in [-0.2, 0) is 5.41 Å². The number of aliphatic hydroxyl groups excluding tert-OH is 1. The molecule has 0 fully saturated rings. The van der Waals surface area contributed by atoms with Gasteiger partial charge in [-0.3, -0.25) is 0 Å². The fourth-order valence-electron chi connectivity index (χ4n) is 1.43. The first-order valence-corrected chi connectivity index (χ1v) is 4.56. The number of hydrogen-bond donors (Lipinski definition) is 1. The number of halogens is 3. The van der Waals surface area contributed by atoms with Gasteiger partial charge in [0.25, 0.3) is 0 Å². The highest BCUT2D eigenvalue weighted by atomic mass is 19.4. The van der Waals surface area contributed by atoms with Crippen LogP contribution in [0.5, 0.6) is 0 Å². The summed E-state index contributed by atoms with van der Waals surface area (Å²) < 4.78 is 37.1. The van der Waals surface area contributed by atoms with Gasteiger partial charge in [0.2, 0.25) is 0 Å². The van der Waals surface area contributed by atoms with Crippen molar-refractivity contribution < 1.29 is 18.3 Å². The fourth-order valence-corrected chi connectivity index (χ4v) is 1.43. The molecule has 1 aromatic rings. The van der Waals surface area contributed by atoms with Gasteiger partial charge >= 0.3 is 6.18 Å². The second-order valence-corrected chi connectivity index (χ2v) is 4.03. The van der Waals surface area contributed by atoms with Crippen LogP contribution in [0.4, 0.5) is 13.2 Å². The summed E-state index contributed by atoms with van der Waals surface area (Å²) in [5.74, 6) is 0. The molecule has 1 N–H and O–H groups in total. The van der Waals surface area contributed by atoms with Gasteiger partial charge in [0.15, 0.2) is 6.10 Å². The van der Waals surface area contributed by atoms with Gasteiger partial charge in [0.05, 0.1) is 0 Å². The Bertz CT molecular complexity index is 316. The molecule has 0 amide bonds. The van der Waals surface area contributed by atoms with E-state index in [-0.39, 0.29) is 0 Å². The smallest absolute Gasteiger partial charge is 0.383 e. The molecule has 0 unspecified atom stereocenters. The van der Waals surface area contributed by atoms with Gasteiger partial charge in [-0.2, -0.15) is 13.2 Å². The highest BCUT2D eigenvalue weighted by Gasteiger charge is 2.48. The minimum atomic E-state index is -4.60. The normalized spacial score (nSPS) is 15.1. The maximum absolute atomic E-state index is 12.4. The predicted molar refractivity (Wildman–Crippen MR) is 51.5 cm³/mol. The lowest BCUT2D eigenvalue weighted by Crippen LogP contribution is -2.44. The van der Waals surface area contributed by atoms with Crippen LogP contribution < -0.4 is 0 Å². The van der Waals surface area contributed by atoms with Gasteiger partial charge in [-0.05, 0) is 5.56 Å². The molecular weight excluding hydrogens is 205 g/mol. The first kappa shape index (κ1) is 12.0. The van der Waals surface area contributed by atoms with Crippen LogP contribution in [-0.4, -0.2) is 17.4 Å². The number of benzene rings is 1. The van der Waals surface area contributed by atoms with E-state index in [1.807, 2.05) is 0 Å². The Morgan fingerprint density at radius 1 is 1.07 bits per heavy atom. The van der Waals surface area contributed by atoms with E-state index in [1.165, 1.54) is 13.8 Å². The van der Waals surface area contributed by atoms with Crippen molar-refractivity contribution in [2.75, 3.05) is 0 Å². The van der Waals surface area contributed by atoms with Crippen molar-refractivity contribution in [1.29, 1.82) is 0 Å². The molecule has 0 aliphatic carbocycles. The number of rotatable bonds is 2. The monoisotopic (exact) mass is 218 g/mol. The molecule has 0 spiro atoms. The van der Waals surface area contributed by atoms with Gasteiger partial charge in [-0.15, -0.1) is 0 Å². The second kappa shape index (κ2) is 3.85. The van der Waals surface area contributed by atoms with E-state index in [4.69, 9.17) is 0 Å². The van der Waals surface area contributed by atoms with Gasteiger partial charge in [-0.1, -0.05) is 44.2 Å². The summed E-state index contributed by atoms with van der Waals surface area (Å²) in [7, 11) is 0. The van der Waals surface area contributed by atoms with Crippen LogP contribution in [0.3, 0.4) is 0 Å². The van der Waals surface area contributed by atoms with E-state index in [0.29, 0.717) is 5.56 Å². The molecule has 0 heterocycles. The molecule has 0 radical (unpaired) electrons. The van der Waals surface area contributed by atoms with E-state index >= 15 is 0 Å². The molecule has 84 valence electrons. The Morgan fingerprint density at radius 2 is 1.53 bits per heavy atom. The summed E-state index contributed by atoms with van der Waals surface area (Å²) >= 11 is 0. The van der Waals surface area contributed by atoms with Crippen LogP contribution in [0.15, 0.2) is 30.3 Å². The molecule has 1 atom stereocenters. The van der Waals surface area contributed by atoms with Crippen molar-refractivity contribution in [2.24, 2.45) is 0 Å². The number of aliphatic hydroxyl groups is 1. The quantitative estimate of drug-likeness (QED) is 0.809. The van der Waals surface area contributed by atoms with Crippen molar-refractivity contribution in [3.8, 4) is 0 Å². The van der Waals surface area contributed by atoms with Gasteiger partial charge < -0.3 is 5.11 Å². The predicted octanol–water partition coefficient (Wildman–Crippen LogP) is 2.89. The molecule has 15 heavy (non-hydrogen) atoms. The van der Waals surface area contributed by atoms with Crippen molar-refractivity contribution in [3.05, 3.63) is 35.9 Å². The maximum Gasteiger partial charge on any atom is 0.415 e. The lowest BCUT2D eigenvalue weighted by atomic mass is 9.79. The molecule has 0 aliphatic rings. The maximum atomic E-state index is 12.4. The minimum absolute atomic E-state index is 0.467. The van der Waals surface area contributed by atoms with Crippen molar-refractivity contribution in [3.63, 3.8) is 0 Å². The van der Waals surface area contributed by atoms with E-state index in [9.17, 15) is 18.3 Å². The zero-order valence-corrected chi connectivity index (χ0v) is 8.55. The molecule has 0 aliphatic heterocycles. The van der Waals surface area contributed by atoms with Crippen LogP contribution in [0.2, 0.25) is 0 Å². The second-order valence-electron chi connectivity index (χ2n) is 4.03. The van der Waals surface area contributed by atoms with Crippen LogP contribution in [0.1, 0.15) is 19.4 Å². The lowest BCUT2D eigenvalue weighted by Gasteiger charge is -2.32. The fraction of sp³-hybridized carbons (Fsp3) is 0.455. The lowest BCUT2D eigenvalue weighted by molar-refractivity contribution is -0.221. The Morgan fingerprint density at radius 3 is 1.93 bits per heavy atom. The van der Waals surface area contributed by atoms with Crippen LogP contribution in [0.25, 0.3) is 0 Å². The van der Waals surface area contributed by atoms with E-state index in [1.54, 1.807) is 30.3 Å². The molecule has 0 saturated carbocycles. The molecule has 0 saturated heterocycles. The van der Waals surface area contributed by atoms with E-state index in [2.05, 4.69) is 0 Å². The zero-order chi connectivity index (χ0) is 11.7. The molecule has 1 rings (SSSR count). The average molecular weight is 218 g/mol. The van der Waals surface area contributed by atoms with Gasteiger partial charge in [0.1, 0.15) is 0 Å². The third kappa shape index (κ3) is 2.50. The highest BCUT2D eigenvalue weighted by molar-refractivity contribution is 5.25. The van der Waals surface area contributed by atoms with Gasteiger partial charge in [-0.25, -0.2) is 0 Å². The highest BCUT2D eigenvalue weighted by Crippen LogP contribution is 2.36. The summed E-state index contributed by atoms with van der Waals surface area (Å²) in [4.78, 5) is 0. The molecular formula is C11H13F3O. The SMILES string of the molecule is CC(C)(c1ccccc1)[C@H](O)C(F)(F)F. The summed E-state index contributed by atoms with van der Waals surface area (Å²) in [5.41, 5.74) is -0.866. The first-order chi connectivity index (χ1) is 6.76. The third-order valence-corrected chi connectivity index (χ3v) is 2.51. The third-order valence-electron chi connectivity index (χ3n) is 2.51. The minimum Gasteiger partial charge on any atom is -0.383 e. The van der Waals surface area contributed by atoms with Gasteiger partial charge in [0, 0.05) is 5.41 Å². The standard InChI is InChI=1S/C11H13F3O/c1-10(2,9(15)11(12,13)14)8-6-4-3-5-7-8/h3-7,9,15H,1-2H3/t9-/m0/s1. The van der Waals surface area contributed by atoms with Crippen molar-refractivity contribution in [1.82, 2.24) is 0 Å². The first-order valence-electron chi connectivity index (χ1n) is 4.56. The summed E-state index contributed by atoms with van der Waals surface area (Å²) in [6.45, 7) is 2.75. The molecule has 0 bridgehead atoms. The Hall–Kier alpha value is -1.03. The number of alkyl halides is 3. The molecule has 4 heteroatoms. The summed E-state index contributed by atoms with van der Waals surface area (Å²) in [6.07, 6.45) is -6.95. The number of hydrogen-bond acceptors (Lipinski definition) is 1. The molecule has 0 aromatic heterocycles. The Kier molecular flexibility index (Phi) is 3.09. The molecule has 1 nitrogen and oxygen atoms in total. The Labute approximate surface area is 86.5 Å².